The van der Waals surface area contributed by atoms with E-state index in [-0.39, 0.29) is 10.1 Å². The van der Waals surface area contributed by atoms with Gasteiger partial charge in [0.1, 0.15) is 10.1 Å². The number of carboxylic acids is 1. The van der Waals surface area contributed by atoms with E-state index in [9.17, 15) is 19.1 Å². The van der Waals surface area contributed by atoms with Crippen molar-refractivity contribution in [3.63, 3.8) is 0 Å². The number of carbonyl (C=O) groups excluding carboxylic acids is 2. The molecular formula is C13H9FNO3S2-. The molecule has 4 nitrogen and oxygen atoms in total. The SMILES string of the molecule is C[C@@H](C(=O)[O-])N1C(=O)C(=Cc2ccc(F)cc2)SC1=S. The molecule has 20 heavy (non-hydrogen) atoms. The van der Waals surface area contributed by atoms with Gasteiger partial charge in [-0.1, -0.05) is 36.1 Å². The van der Waals surface area contributed by atoms with Gasteiger partial charge in [0.25, 0.3) is 5.91 Å². The zero-order chi connectivity index (χ0) is 14.9. The van der Waals surface area contributed by atoms with Gasteiger partial charge in [-0.15, -0.1) is 0 Å². The summed E-state index contributed by atoms with van der Waals surface area (Å²) in [6, 6.07) is 4.46. The Morgan fingerprint density at radius 2 is 2.05 bits per heavy atom. The summed E-state index contributed by atoms with van der Waals surface area (Å²) in [7, 11) is 0. The van der Waals surface area contributed by atoms with Crippen LogP contribution in [0, 0.1) is 5.82 Å². The molecule has 1 atom stereocenters. The average molecular weight is 310 g/mol. The van der Waals surface area contributed by atoms with Crippen LogP contribution < -0.4 is 5.11 Å². The van der Waals surface area contributed by atoms with E-state index >= 15 is 0 Å². The first-order valence-electron chi connectivity index (χ1n) is 5.63. The van der Waals surface area contributed by atoms with E-state index in [4.69, 9.17) is 12.2 Å². The topological polar surface area (TPSA) is 60.4 Å². The molecule has 0 saturated carbocycles. The lowest BCUT2D eigenvalue weighted by Crippen LogP contribution is -2.48. The van der Waals surface area contributed by atoms with Crippen LogP contribution in [-0.4, -0.2) is 27.1 Å². The molecule has 0 N–H and O–H groups in total. The maximum atomic E-state index is 12.8. The molecule has 0 spiro atoms. The number of carbonyl (C=O) groups is 2. The van der Waals surface area contributed by atoms with Gasteiger partial charge in [0, 0.05) is 0 Å². The minimum absolute atomic E-state index is 0.167. The second-order valence-electron chi connectivity index (χ2n) is 4.10. The fraction of sp³-hybridized carbons (Fsp3) is 0.154. The number of amides is 1. The minimum atomic E-state index is -1.37. The molecule has 0 aromatic heterocycles. The van der Waals surface area contributed by atoms with E-state index in [1.54, 1.807) is 6.08 Å². The predicted molar refractivity (Wildman–Crippen MR) is 75.9 cm³/mol. The van der Waals surface area contributed by atoms with Gasteiger partial charge in [0.05, 0.1) is 16.9 Å². The van der Waals surface area contributed by atoms with Crippen LogP contribution >= 0.6 is 24.0 Å². The summed E-state index contributed by atoms with van der Waals surface area (Å²) < 4.78 is 13.0. The summed E-state index contributed by atoms with van der Waals surface area (Å²) in [6.45, 7) is 1.33. The first-order chi connectivity index (χ1) is 9.40. The third kappa shape index (κ3) is 2.88. The van der Waals surface area contributed by atoms with Crippen LogP contribution in [-0.2, 0) is 9.59 Å². The third-order valence-electron chi connectivity index (χ3n) is 2.72. The van der Waals surface area contributed by atoms with Gasteiger partial charge >= 0.3 is 0 Å². The van der Waals surface area contributed by atoms with Crippen molar-refractivity contribution in [3.05, 3.63) is 40.6 Å². The molecule has 1 heterocycles. The summed E-state index contributed by atoms with van der Waals surface area (Å²) in [4.78, 5) is 24.3. The highest BCUT2D eigenvalue weighted by Crippen LogP contribution is 2.33. The Bertz CT molecular complexity index is 613. The van der Waals surface area contributed by atoms with Crippen molar-refractivity contribution in [1.29, 1.82) is 0 Å². The monoisotopic (exact) mass is 310 g/mol. The maximum Gasteiger partial charge on any atom is 0.266 e. The number of benzene rings is 1. The van der Waals surface area contributed by atoms with Crippen LogP contribution in [0.5, 0.6) is 0 Å². The van der Waals surface area contributed by atoms with Gasteiger partial charge < -0.3 is 9.90 Å². The lowest BCUT2D eigenvalue weighted by Gasteiger charge is -2.23. The summed E-state index contributed by atoms with van der Waals surface area (Å²) in [5.41, 5.74) is 0.632. The molecule has 0 bridgehead atoms. The van der Waals surface area contributed by atoms with Crippen molar-refractivity contribution in [1.82, 2.24) is 4.90 Å². The number of nitrogens with zero attached hydrogens (tertiary/aromatic N) is 1. The van der Waals surface area contributed by atoms with Gasteiger partial charge in [0.2, 0.25) is 0 Å². The smallest absolute Gasteiger partial charge is 0.266 e. The fourth-order valence-electron chi connectivity index (χ4n) is 1.63. The molecule has 1 amide bonds. The lowest BCUT2D eigenvalue weighted by molar-refractivity contribution is -0.309. The van der Waals surface area contributed by atoms with Crippen LogP contribution in [0.4, 0.5) is 4.39 Å². The number of hydrogen-bond acceptors (Lipinski definition) is 5. The van der Waals surface area contributed by atoms with E-state index in [2.05, 4.69) is 0 Å². The van der Waals surface area contributed by atoms with E-state index in [1.165, 1.54) is 31.2 Å². The highest BCUT2D eigenvalue weighted by atomic mass is 32.2. The van der Waals surface area contributed by atoms with Crippen molar-refractivity contribution in [3.8, 4) is 0 Å². The molecule has 0 radical (unpaired) electrons. The number of thiocarbonyl (C=S) groups is 1. The van der Waals surface area contributed by atoms with Crippen molar-refractivity contribution >= 4 is 46.3 Å². The highest BCUT2D eigenvalue weighted by Gasteiger charge is 2.35. The Morgan fingerprint density at radius 3 is 2.60 bits per heavy atom. The number of carboxylic acid groups (broad SMARTS) is 1. The first-order valence-corrected chi connectivity index (χ1v) is 6.86. The van der Waals surface area contributed by atoms with Crippen molar-refractivity contribution in [2.24, 2.45) is 0 Å². The maximum absolute atomic E-state index is 12.8. The van der Waals surface area contributed by atoms with Crippen LogP contribution in [0.15, 0.2) is 29.2 Å². The first kappa shape index (κ1) is 14.7. The summed E-state index contributed by atoms with van der Waals surface area (Å²) in [6.07, 6.45) is 1.54. The molecule has 1 aliphatic rings. The van der Waals surface area contributed by atoms with Gasteiger partial charge in [-0.3, -0.25) is 9.69 Å². The van der Waals surface area contributed by atoms with E-state index in [0.717, 1.165) is 16.7 Å². The van der Waals surface area contributed by atoms with E-state index < -0.39 is 17.9 Å². The summed E-state index contributed by atoms with van der Waals surface area (Å²) in [5.74, 6) is -2.23. The van der Waals surface area contributed by atoms with Crippen LogP contribution in [0.1, 0.15) is 12.5 Å². The fourth-order valence-corrected chi connectivity index (χ4v) is 3.05. The Morgan fingerprint density at radius 1 is 1.45 bits per heavy atom. The van der Waals surface area contributed by atoms with Gasteiger partial charge in [-0.05, 0) is 30.7 Å². The van der Waals surface area contributed by atoms with Gasteiger partial charge in [-0.2, -0.15) is 0 Å². The second-order valence-corrected chi connectivity index (χ2v) is 5.77. The summed E-state index contributed by atoms with van der Waals surface area (Å²) >= 11 is 6.01. The number of thioether (sulfide) groups is 1. The molecule has 0 unspecified atom stereocenters. The van der Waals surface area contributed by atoms with Crippen molar-refractivity contribution in [2.45, 2.75) is 13.0 Å². The normalized spacial score (nSPS) is 18.7. The molecule has 1 aliphatic heterocycles. The van der Waals surface area contributed by atoms with E-state index in [1.807, 2.05) is 0 Å². The molecule has 104 valence electrons. The largest absolute Gasteiger partial charge is 0.548 e. The van der Waals surface area contributed by atoms with Gasteiger partial charge in [0.15, 0.2) is 0 Å². The Hall–Kier alpha value is -1.73. The predicted octanol–water partition coefficient (Wildman–Crippen LogP) is 1.17. The quantitative estimate of drug-likeness (QED) is 0.619. The Labute approximate surface area is 124 Å². The molecule has 2 rings (SSSR count). The zero-order valence-electron chi connectivity index (χ0n) is 10.3. The molecule has 1 fully saturated rings. The average Bonchev–Trinajstić information content (AvgIpc) is 2.66. The summed E-state index contributed by atoms with van der Waals surface area (Å²) in [5, 5.41) is 10.8. The number of halogens is 1. The molecule has 7 heteroatoms. The number of aliphatic carboxylic acids is 1. The lowest BCUT2D eigenvalue weighted by atomic mass is 10.2. The highest BCUT2D eigenvalue weighted by molar-refractivity contribution is 8.26. The molecule has 0 aliphatic carbocycles. The molecule has 1 aromatic carbocycles. The minimum Gasteiger partial charge on any atom is -0.548 e. The standard InChI is InChI=1S/C13H10FNO3S2/c1-7(12(17)18)15-11(16)10(20-13(15)19)6-8-2-4-9(14)5-3-8/h2-7H,1H3,(H,17,18)/p-1/t7-/m0/s1. The van der Waals surface area contributed by atoms with Gasteiger partial charge in [-0.25, -0.2) is 4.39 Å². The van der Waals surface area contributed by atoms with E-state index in [0.29, 0.717) is 10.5 Å². The van der Waals surface area contributed by atoms with Crippen molar-refractivity contribution < 1.29 is 19.1 Å². The molecular weight excluding hydrogens is 301 g/mol. The zero-order valence-corrected chi connectivity index (χ0v) is 12.0. The van der Waals surface area contributed by atoms with Crippen LogP contribution in [0.25, 0.3) is 6.08 Å². The van der Waals surface area contributed by atoms with Crippen LogP contribution in [0.2, 0.25) is 0 Å². The molecule has 1 saturated heterocycles. The second kappa shape index (κ2) is 5.72. The number of rotatable bonds is 3. The molecule has 1 aromatic rings. The Kier molecular flexibility index (Phi) is 4.20. The van der Waals surface area contributed by atoms with Crippen molar-refractivity contribution in [2.75, 3.05) is 0 Å². The van der Waals surface area contributed by atoms with Crippen LogP contribution in [0.3, 0.4) is 0 Å². The third-order valence-corrected chi connectivity index (χ3v) is 4.05. The number of hydrogen-bond donors (Lipinski definition) is 0. The Balaban J connectivity index is 2.28.